The molecule has 0 bridgehead atoms. The number of hydrogen-bond donors (Lipinski definition) is 2. The number of rotatable bonds is 3. The number of nitrogens with one attached hydrogen (secondary N) is 2. The fourth-order valence-corrected chi connectivity index (χ4v) is 5.42. The lowest BCUT2D eigenvalue weighted by atomic mass is 9.78. The van der Waals surface area contributed by atoms with Crippen molar-refractivity contribution in [3.8, 4) is 0 Å². The van der Waals surface area contributed by atoms with E-state index < -0.39 is 11.5 Å². The zero-order valence-corrected chi connectivity index (χ0v) is 16.2. The third-order valence-electron chi connectivity index (χ3n) is 6.47. The molecule has 0 aliphatic carbocycles. The summed E-state index contributed by atoms with van der Waals surface area (Å²) in [5.41, 5.74) is 1.87. The molecule has 2 amide bonds. The molecule has 2 aromatic carbocycles. The first-order valence-corrected chi connectivity index (χ1v) is 10.2. The summed E-state index contributed by atoms with van der Waals surface area (Å²) in [4.78, 5) is 28.8. The summed E-state index contributed by atoms with van der Waals surface area (Å²) in [5, 5.41) is 6.77. The first kappa shape index (κ1) is 17.7. The molecule has 3 aliphatic rings. The Kier molecular flexibility index (Phi) is 4.18. The highest BCUT2D eigenvalue weighted by Crippen LogP contribution is 2.55. The van der Waals surface area contributed by atoms with Crippen molar-refractivity contribution in [2.75, 3.05) is 11.9 Å². The molecule has 144 valence electrons. The number of benzene rings is 2. The fourth-order valence-electron chi connectivity index (χ4n) is 5.29. The molecule has 2 saturated heterocycles. The maximum Gasteiger partial charge on any atom is 0.250 e. The SMILES string of the molecule is O=C(NCc1ccc(Cl)cc1)[C@@H]1C[C@H]2CCCN2[C@]12C(=O)Nc1ccccc12. The van der Waals surface area contributed by atoms with Gasteiger partial charge in [-0.1, -0.05) is 41.9 Å². The summed E-state index contributed by atoms with van der Waals surface area (Å²) in [6, 6.07) is 15.5. The quantitative estimate of drug-likeness (QED) is 0.838. The Bertz CT molecular complexity index is 945. The number of hydrogen-bond acceptors (Lipinski definition) is 3. The normalized spacial score (nSPS) is 28.2. The molecule has 0 aromatic heterocycles. The molecule has 2 fully saturated rings. The molecule has 3 aliphatic heterocycles. The minimum Gasteiger partial charge on any atom is -0.352 e. The van der Waals surface area contributed by atoms with Gasteiger partial charge in [0.2, 0.25) is 11.8 Å². The Balaban J connectivity index is 1.47. The number of para-hydroxylation sites is 1. The molecule has 3 atom stereocenters. The van der Waals surface area contributed by atoms with Gasteiger partial charge in [0.1, 0.15) is 5.54 Å². The van der Waals surface area contributed by atoms with Crippen LogP contribution in [-0.2, 0) is 21.7 Å². The summed E-state index contributed by atoms with van der Waals surface area (Å²) in [6.07, 6.45) is 2.83. The summed E-state index contributed by atoms with van der Waals surface area (Å²) in [6.45, 7) is 1.28. The second kappa shape index (κ2) is 6.61. The fraction of sp³-hybridized carbons (Fsp3) is 0.364. The standard InChI is InChI=1S/C22H22ClN3O2/c23-15-9-7-14(8-10-15)13-24-20(27)18-12-16-4-3-11-26(16)22(18)17-5-1-2-6-19(17)25-21(22)28/h1-2,5-10,16,18H,3-4,11-13H2,(H,24,27)(H,25,28)/t16-,18+,22+/m1/s1. The van der Waals surface area contributed by atoms with E-state index in [2.05, 4.69) is 15.5 Å². The Hall–Kier alpha value is -2.37. The predicted molar refractivity (Wildman–Crippen MR) is 108 cm³/mol. The molecule has 28 heavy (non-hydrogen) atoms. The van der Waals surface area contributed by atoms with Gasteiger partial charge in [0.15, 0.2) is 0 Å². The van der Waals surface area contributed by atoms with Gasteiger partial charge in [0.05, 0.1) is 5.92 Å². The van der Waals surface area contributed by atoms with Crippen molar-refractivity contribution in [3.05, 3.63) is 64.7 Å². The lowest BCUT2D eigenvalue weighted by Gasteiger charge is -2.36. The van der Waals surface area contributed by atoms with Crippen molar-refractivity contribution in [2.24, 2.45) is 5.92 Å². The third kappa shape index (κ3) is 2.50. The van der Waals surface area contributed by atoms with E-state index >= 15 is 0 Å². The number of carbonyl (C=O) groups is 2. The van der Waals surface area contributed by atoms with Crippen molar-refractivity contribution in [2.45, 2.75) is 37.4 Å². The number of nitrogens with zero attached hydrogens (tertiary/aromatic N) is 1. The van der Waals surface area contributed by atoms with E-state index in [4.69, 9.17) is 11.6 Å². The average molecular weight is 396 g/mol. The van der Waals surface area contributed by atoms with Crippen LogP contribution in [0.5, 0.6) is 0 Å². The molecule has 3 heterocycles. The van der Waals surface area contributed by atoms with Crippen molar-refractivity contribution in [1.29, 1.82) is 0 Å². The van der Waals surface area contributed by atoms with E-state index in [1.165, 1.54) is 0 Å². The lowest BCUT2D eigenvalue weighted by Crippen LogP contribution is -2.54. The maximum atomic E-state index is 13.3. The Morgan fingerprint density at radius 3 is 2.82 bits per heavy atom. The van der Waals surface area contributed by atoms with Crippen LogP contribution in [0.1, 0.15) is 30.4 Å². The van der Waals surface area contributed by atoms with Crippen molar-refractivity contribution in [1.82, 2.24) is 10.2 Å². The van der Waals surface area contributed by atoms with E-state index in [9.17, 15) is 9.59 Å². The highest BCUT2D eigenvalue weighted by molar-refractivity contribution is 6.30. The van der Waals surface area contributed by atoms with Gasteiger partial charge in [-0.3, -0.25) is 14.5 Å². The number of halogens is 1. The van der Waals surface area contributed by atoms with Gasteiger partial charge in [-0.05, 0) is 49.6 Å². The first-order valence-electron chi connectivity index (χ1n) is 9.80. The molecule has 2 N–H and O–H groups in total. The number of carbonyl (C=O) groups excluding carboxylic acids is 2. The highest BCUT2D eigenvalue weighted by Gasteiger charge is 2.65. The monoisotopic (exact) mass is 395 g/mol. The number of amides is 2. The third-order valence-corrected chi connectivity index (χ3v) is 6.72. The average Bonchev–Trinajstić information content (AvgIpc) is 3.36. The van der Waals surface area contributed by atoms with E-state index in [-0.39, 0.29) is 17.9 Å². The lowest BCUT2D eigenvalue weighted by molar-refractivity contribution is -0.137. The molecular weight excluding hydrogens is 374 g/mol. The molecule has 6 heteroatoms. The molecule has 0 saturated carbocycles. The highest BCUT2D eigenvalue weighted by atomic mass is 35.5. The van der Waals surface area contributed by atoms with Gasteiger partial charge in [0.25, 0.3) is 0 Å². The van der Waals surface area contributed by atoms with Gasteiger partial charge in [-0.2, -0.15) is 0 Å². The molecule has 0 unspecified atom stereocenters. The second-order valence-electron chi connectivity index (χ2n) is 7.89. The van der Waals surface area contributed by atoms with Gasteiger partial charge < -0.3 is 10.6 Å². The summed E-state index contributed by atoms with van der Waals surface area (Å²) in [7, 11) is 0. The predicted octanol–water partition coefficient (Wildman–Crippen LogP) is 3.29. The number of anilines is 1. The smallest absolute Gasteiger partial charge is 0.250 e. The molecule has 1 spiro atoms. The van der Waals surface area contributed by atoms with Crippen molar-refractivity contribution < 1.29 is 9.59 Å². The van der Waals surface area contributed by atoms with Crippen LogP contribution in [-0.4, -0.2) is 29.3 Å². The van der Waals surface area contributed by atoms with Gasteiger partial charge >= 0.3 is 0 Å². The Morgan fingerprint density at radius 2 is 2.00 bits per heavy atom. The van der Waals surface area contributed by atoms with Crippen molar-refractivity contribution in [3.63, 3.8) is 0 Å². The molecule has 5 nitrogen and oxygen atoms in total. The summed E-state index contributed by atoms with van der Waals surface area (Å²) >= 11 is 5.94. The molecule has 0 radical (unpaired) electrons. The Morgan fingerprint density at radius 1 is 1.21 bits per heavy atom. The largest absolute Gasteiger partial charge is 0.352 e. The van der Waals surface area contributed by atoms with E-state index in [0.717, 1.165) is 36.2 Å². The van der Waals surface area contributed by atoms with Crippen LogP contribution in [0.3, 0.4) is 0 Å². The minimum absolute atomic E-state index is 0.0591. The maximum absolute atomic E-state index is 13.3. The van der Waals surface area contributed by atoms with Gasteiger partial charge in [-0.15, -0.1) is 0 Å². The topological polar surface area (TPSA) is 61.4 Å². The summed E-state index contributed by atoms with van der Waals surface area (Å²) in [5.74, 6) is -0.519. The van der Waals surface area contributed by atoms with E-state index in [0.29, 0.717) is 18.0 Å². The zero-order valence-electron chi connectivity index (χ0n) is 15.5. The van der Waals surface area contributed by atoms with Crippen LogP contribution in [0.4, 0.5) is 5.69 Å². The zero-order chi connectivity index (χ0) is 19.3. The first-order chi connectivity index (χ1) is 13.6. The van der Waals surface area contributed by atoms with Crippen LogP contribution in [0, 0.1) is 5.92 Å². The van der Waals surface area contributed by atoms with Crippen LogP contribution in [0.2, 0.25) is 5.02 Å². The van der Waals surface area contributed by atoms with Crippen molar-refractivity contribution >= 4 is 29.1 Å². The Labute approximate surface area is 169 Å². The summed E-state index contributed by atoms with van der Waals surface area (Å²) < 4.78 is 0. The molecule has 2 aromatic rings. The minimum atomic E-state index is -0.887. The molecule has 5 rings (SSSR count). The van der Waals surface area contributed by atoms with Gasteiger partial charge in [0, 0.05) is 28.9 Å². The number of fused-ring (bicyclic) bond motifs is 4. The van der Waals surface area contributed by atoms with Crippen LogP contribution in [0.15, 0.2) is 48.5 Å². The molecular formula is C22H22ClN3O2. The van der Waals surface area contributed by atoms with E-state index in [1.807, 2.05) is 48.5 Å². The van der Waals surface area contributed by atoms with Gasteiger partial charge in [-0.25, -0.2) is 0 Å². The van der Waals surface area contributed by atoms with Crippen LogP contribution < -0.4 is 10.6 Å². The van der Waals surface area contributed by atoms with E-state index in [1.54, 1.807) is 0 Å². The van der Waals surface area contributed by atoms with Crippen LogP contribution >= 0.6 is 11.6 Å². The second-order valence-corrected chi connectivity index (χ2v) is 8.32. The van der Waals surface area contributed by atoms with Crippen LogP contribution in [0.25, 0.3) is 0 Å².